The van der Waals surface area contributed by atoms with Crippen LogP contribution in [0.3, 0.4) is 0 Å². The number of rotatable bonds is 6. The highest BCUT2D eigenvalue weighted by Crippen LogP contribution is 2.48. The minimum atomic E-state index is -4.71. The van der Waals surface area contributed by atoms with E-state index in [0.717, 1.165) is 11.1 Å². The van der Waals surface area contributed by atoms with Crippen LogP contribution in [-0.4, -0.2) is 31.9 Å². The molecular weight excluding hydrogens is 457 g/mol. The number of ether oxygens (including phenoxy) is 2. The van der Waals surface area contributed by atoms with Gasteiger partial charge in [0.1, 0.15) is 13.2 Å². The van der Waals surface area contributed by atoms with E-state index < -0.39 is 37.8 Å². The Morgan fingerprint density at radius 1 is 0.833 bits per heavy atom. The molecule has 0 spiro atoms. The number of hydrogen-bond donors (Lipinski definition) is 0. The quantitative estimate of drug-likeness (QED) is 0.329. The van der Waals surface area contributed by atoms with Gasteiger partial charge < -0.3 is 9.47 Å². The molecule has 0 fully saturated rings. The van der Waals surface area contributed by atoms with Crippen LogP contribution in [0.2, 0.25) is 10.0 Å². The van der Waals surface area contributed by atoms with Crippen molar-refractivity contribution in [3.8, 4) is 0 Å². The van der Waals surface area contributed by atoms with E-state index in [9.17, 15) is 26.3 Å². The van der Waals surface area contributed by atoms with Crippen LogP contribution in [-0.2, 0) is 9.47 Å². The Hall–Kier alpha value is -1.48. The SMILES string of the molecule is FC(F)(F)COC(OCC(F)(F)F)[C@H]1C[C@H](c2ccc(Cl)c(Cl)c2)c2ccccc21. The second-order valence-electron chi connectivity index (χ2n) is 6.92. The van der Waals surface area contributed by atoms with Gasteiger partial charge in [0.05, 0.1) is 10.0 Å². The van der Waals surface area contributed by atoms with Crippen LogP contribution >= 0.6 is 23.2 Å². The van der Waals surface area contributed by atoms with Crippen LogP contribution in [0, 0.1) is 0 Å². The summed E-state index contributed by atoms with van der Waals surface area (Å²) in [5.74, 6) is -1.14. The number of alkyl halides is 6. The number of halogens is 8. The van der Waals surface area contributed by atoms with Gasteiger partial charge in [-0.1, -0.05) is 53.5 Å². The molecule has 0 aromatic heterocycles. The molecule has 0 saturated carbocycles. The molecule has 164 valence electrons. The lowest BCUT2D eigenvalue weighted by atomic mass is 9.92. The van der Waals surface area contributed by atoms with Crippen molar-refractivity contribution in [2.45, 2.75) is 36.9 Å². The largest absolute Gasteiger partial charge is 0.411 e. The molecule has 0 amide bonds. The molecule has 0 bridgehead atoms. The third kappa shape index (κ3) is 5.81. The molecule has 1 aliphatic carbocycles. The molecule has 0 unspecified atom stereocenters. The molecule has 3 rings (SSSR count). The molecule has 1 aliphatic rings. The first-order chi connectivity index (χ1) is 13.9. The maximum Gasteiger partial charge on any atom is 0.411 e. The molecule has 2 aromatic carbocycles. The van der Waals surface area contributed by atoms with E-state index in [2.05, 4.69) is 0 Å². The Labute approximate surface area is 178 Å². The monoisotopic (exact) mass is 472 g/mol. The average molecular weight is 473 g/mol. The molecular formula is C20H16Cl2F6O2. The summed E-state index contributed by atoms with van der Waals surface area (Å²) in [6.45, 7) is -3.43. The Morgan fingerprint density at radius 2 is 1.40 bits per heavy atom. The average Bonchev–Trinajstić information content (AvgIpc) is 3.02. The summed E-state index contributed by atoms with van der Waals surface area (Å²) in [5.41, 5.74) is 2.07. The fourth-order valence-electron chi connectivity index (χ4n) is 3.61. The van der Waals surface area contributed by atoms with E-state index in [1.807, 2.05) is 0 Å². The van der Waals surface area contributed by atoms with Crippen molar-refractivity contribution in [2.75, 3.05) is 13.2 Å². The smallest absolute Gasteiger partial charge is 0.343 e. The van der Waals surface area contributed by atoms with E-state index in [4.69, 9.17) is 32.7 Å². The number of fused-ring (bicyclic) bond motifs is 1. The van der Waals surface area contributed by atoms with Crippen molar-refractivity contribution in [3.05, 3.63) is 69.2 Å². The van der Waals surface area contributed by atoms with Gasteiger partial charge in [0, 0.05) is 11.8 Å². The van der Waals surface area contributed by atoms with Crippen LogP contribution < -0.4 is 0 Å². The van der Waals surface area contributed by atoms with Crippen LogP contribution in [0.15, 0.2) is 42.5 Å². The minimum Gasteiger partial charge on any atom is -0.343 e. The van der Waals surface area contributed by atoms with Gasteiger partial charge >= 0.3 is 12.4 Å². The van der Waals surface area contributed by atoms with Gasteiger partial charge in [0.2, 0.25) is 0 Å². The number of benzene rings is 2. The van der Waals surface area contributed by atoms with Crippen LogP contribution in [0.25, 0.3) is 0 Å². The fraction of sp³-hybridized carbons (Fsp3) is 0.400. The standard InChI is InChI=1S/C20H16Cl2F6O2/c21-16-6-5-11(7-17(16)22)14-8-15(13-4-2-1-3-12(13)14)18(29-9-19(23,24)25)30-10-20(26,27)28/h1-7,14-15,18H,8-10H2/t14-,15+/m1/s1. The summed E-state index contributed by atoms with van der Waals surface area (Å²) in [6, 6.07) is 11.8. The molecule has 2 atom stereocenters. The fourth-order valence-corrected chi connectivity index (χ4v) is 3.92. The topological polar surface area (TPSA) is 18.5 Å². The Kier molecular flexibility index (Phi) is 6.91. The van der Waals surface area contributed by atoms with Gasteiger partial charge in [-0.15, -0.1) is 0 Å². The Balaban J connectivity index is 1.92. The molecule has 0 heterocycles. The second-order valence-corrected chi connectivity index (χ2v) is 7.73. The molecule has 10 heteroatoms. The molecule has 0 aliphatic heterocycles. The van der Waals surface area contributed by atoms with Crippen molar-refractivity contribution >= 4 is 23.2 Å². The summed E-state index contributed by atoms with van der Waals surface area (Å²) in [4.78, 5) is 0. The zero-order chi connectivity index (χ0) is 22.1. The van der Waals surface area contributed by atoms with Gasteiger partial charge in [-0.2, -0.15) is 26.3 Å². The summed E-state index contributed by atoms with van der Waals surface area (Å²) in [7, 11) is 0. The lowest BCUT2D eigenvalue weighted by molar-refractivity contribution is -0.264. The maximum atomic E-state index is 12.7. The normalized spacial score (nSPS) is 19.4. The van der Waals surface area contributed by atoms with Gasteiger partial charge in [-0.3, -0.25) is 0 Å². The van der Waals surface area contributed by atoms with Gasteiger partial charge in [-0.25, -0.2) is 0 Å². The van der Waals surface area contributed by atoms with Crippen molar-refractivity contribution in [2.24, 2.45) is 0 Å². The third-order valence-corrected chi connectivity index (χ3v) is 5.50. The Morgan fingerprint density at radius 3 is 1.93 bits per heavy atom. The Bertz CT molecular complexity index is 866. The highest BCUT2D eigenvalue weighted by atomic mass is 35.5. The van der Waals surface area contributed by atoms with E-state index in [1.54, 1.807) is 42.5 Å². The van der Waals surface area contributed by atoms with Crippen molar-refractivity contribution in [3.63, 3.8) is 0 Å². The van der Waals surface area contributed by atoms with Crippen molar-refractivity contribution in [1.82, 2.24) is 0 Å². The molecule has 0 saturated heterocycles. The minimum absolute atomic E-state index is 0.192. The molecule has 2 aromatic rings. The molecule has 30 heavy (non-hydrogen) atoms. The first kappa shape index (κ1) is 23.2. The highest BCUT2D eigenvalue weighted by Gasteiger charge is 2.41. The zero-order valence-electron chi connectivity index (χ0n) is 15.2. The number of hydrogen-bond acceptors (Lipinski definition) is 2. The lowest BCUT2D eigenvalue weighted by Gasteiger charge is -2.26. The van der Waals surface area contributed by atoms with E-state index in [1.165, 1.54) is 0 Å². The summed E-state index contributed by atoms with van der Waals surface area (Å²) in [6.07, 6.45) is -10.9. The van der Waals surface area contributed by atoms with E-state index in [-0.39, 0.29) is 12.3 Å². The molecule has 2 nitrogen and oxygen atoms in total. The van der Waals surface area contributed by atoms with Crippen molar-refractivity contribution < 1.29 is 35.8 Å². The van der Waals surface area contributed by atoms with Crippen LogP contribution in [0.5, 0.6) is 0 Å². The van der Waals surface area contributed by atoms with Gasteiger partial charge in [0.25, 0.3) is 0 Å². The van der Waals surface area contributed by atoms with E-state index in [0.29, 0.717) is 15.6 Å². The van der Waals surface area contributed by atoms with E-state index >= 15 is 0 Å². The third-order valence-electron chi connectivity index (χ3n) is 4.76. The van der Waals surface area contributed by atoms with Crippen molar-refractivity contribution in [1.29, 1.82) is 0 Å². The summed E-state index contributed by atoms with van der Waals surface area (Å²) in [5, 5.41) is 0.636. The van der Waals surface area contributed by atoms with Crippen LogP contribution in [0.4, 0.5) is 26.3 Å². The summed E-state index contributed by atoms with van der Waals surface area (Å²) >= 11 is 12.0. The predicted octanol–water partition coefficient (Wildman–Crippen LogP) is 7.10. The first-order valence-electron chi connectivity index (χ1n) is 8.85. The van der Waals surface area contributed by atoms with Gasteiger partial charge in [0.15, 0.2) is 6.29 Å². The van der Waals surface area contributed by atoms with Gasteiger partial charge in [-0.05, 0) is 35.2 Å². The predicted molar refractivity (Wildman–Crippen MR) is 99.9 cm³/mol. The maximum absolute atomic E-state index is 12.7. The molecule has 0 radical (unpaired) electrons. The first-order valence-corrected chi connectivity index (χ1v) is 9.60. The molecule has 0 N–H and O–H groups in total. The lowest BCUT2D eigenvalue weighted by Crippen LogP contribution is -2.33. The summed E-state index contributed by atoms with van der Waals surface area (Å²) < 4.78 is 85.6. The van der Waals surface area contributed by atoms with Crippen LogP contribution in [0.1, 0.15) is 34.9 Å². The highest BCUT2D eigenvalue weighted by molar-refractivity contribution is 6.42. The zero-order valence-corrected chi connectivity index (χ0v) is 16.7. The second kappa shape index (κ2) is 8.94.